The average Bonchev–Trinajstić information content (AvgIpc) is 3.28. The second kappa shape index (κ2) is 8.28. The van der Waals surface area contributed by atoms with E-state index in [1.54, 1.807) is 6.20 Å². The fourth-order valence-corrected chi connectivity index (χ4v) is 4.62. The normalized spacial score (nSPS) is 21.6. The van der Waals surface area contributed by atoms with Crippen molar-refractivity contribution in [2.24, 2.45) is 5.92 Å². The summed E-state index contributed by atoms with van der Waals surface area (Å²) in [4.78, 5) is 36.5. The lowest BCUT2D eigenvalue weighted by Gasteiger charge is -2.36. The molecule has 0 spiro atoms. The lowest BCUT2D eigenvalue weighted by molar-refractivity contribution is -0.137. The van der Waals surface area contributed by atoms with Gasteiger partial charge in [-0.2, -0.15) is 0 Å². The standard InChI is InChI=1S/C21H30N4O2/c26-20(24-13-2-1-3-14-24)17-8-15-25(16-9-17)21(27)18-7-6-10-22-19(18)23-11-4-5-12-23/h6-7,10,17H,1-5,8-9,11-16H2. The molecular weight excluding hydrogens is 340 g/mol. The van der Waals surface area contributed by atoms with E-state index in [9.17, 15) is 9.59 Å². The van der Waals surface area contributed by atoms with E-state index in [0.29, 0.717) is 24.6 Å². The minimum atomic E-state index is 0.0638. The van der Waals surface area contributed by atoms with Crippen molar-refractivity contribution in [3.8, 4) is 0 Å². The van der Waals surface area contributed by atoms with Crippen LogP contribution in [0.3, 0.4) is 0 Å². The SMILES string of the molecule is O=C(c1cccnc1N1CCCC1)N1CCC(C(=O)N2CCCCC2)CC1. The van der Waals surface area contributed by atoms with Gasteiger partial charge < -0.3 is 14.7 Å². The largest absolute Gasteiger partial charge is 0.356 e. The van der Waals surface area contributed by atoms with Gasteiger partial charge in [-0.15, -0.1) is 0 Å². The van der Waals surface area contributed by atoms with Gasteiger partial charge in [0.05, 0.1) is 5.56 Å². The van der Waals surface area contributed by atoms with Crippen molar-refractivity contribution in [2.75, 3.05) is 44.2 Å². The fourth-order valence-electron chi connectivity index (χ4n) is 4.62. The minimum absolute atomic E-state index is 0.0638. The van der Waals surface area contributed by atoms with Crippen LogP contribution in [0, 0.1) is 5.92 Å². The summed E-state index contributed by atoms with van der Waals surface area (Å²) in [5.74, 6) is 1.28. The molecule has 0 N–H and O–H groups in total. The maximum Gasteiger partial charge on any atom is 0.257 e. The smallest absolute Gasteiger partial charge is 0.257 e. The number of carbonyl (C=O) groups is 2. The third kappa shape index (κ3) is 3.94. The highest BCUT2D eigenvalue weighted by atomic mass is 16.2. The molecule has 1 aromatic rings. The van der Waals surface area contributed by atoms with Crippen LogP contribution < -0.4 is 4.90 Å². The van der Waals surface area contributed by atoms with E-state index in [2.05, 4.69) is 9.88 Å². The molecule has 0 atom stereocenters. The summed E-state index contributed by atoms with van der Waals surface area (Å²) >= 11 is 0. The summed E-state index contributed by atoms with van der Waals surface area (Å²) in [5, 5.41) is 0. The second-order valence-corrected chi connectivity index (χ2v) is 8.02. The minimum Gasteiger partial charge on any atom is -0.356 e. The summed E-state index contributed by atoms with van der Waals surface area (Å²) in [6.07, 6.45) is 9.14. The molecule has 146 valence electrons. The highest BCUT2D eigenvalue weighted by Gasteiger charge is 2.32. The molecule has 0 aliphatic carbocycles. The van der Waals surface area contributed by atoms with Gasteiger partial charge in [-0.05, 0) is 57.1 Å². The molecule has 1 aromatic heterocycles. The number of anilines is 1. The van der Waals surface area contributed by atoms with Crippen LogP contribution in [0.4, 0.5) is 5.82 Å². The molecule has 0 saturated carbocycles. The van der Waals surface area contributed by atoms with Crippen LogP contribution in [0.2, 0.25) is 0 Å². The first-order valence-electron chi connectivity index (χ1n) is 10.5. The Morgan fingerprint density at radius 3 is 2.22 bits per heavy atom. The Bertz CT molecular complexity index is 673. The Hall–Kier alpha value is -2.11. The number of nitrogens with zero attached hydrogens (tertiary/aromatic N) is 4. The number of aromatic nitrogens is 1. The van der Waals surface area contributed by atoms with Crippen LogP contribution in [0.25, 0.3) is 0 Å². The maximum atomic E-state index is 13.1. The van der Waals surface area contributed by atoms with E-state index in [-0.39, 0.29) is 11.8 Å². The first kappa shape index (κ1) is 18.3. The quantitative estimate of drug-likeness (QED) is 0.820. The molecule has 27 heavy (non-hydrogen) atoms. The Morgan fingerprint density at radius 2 is 1.52 bits per heavy atom. The monoisotopic (exact) mass is 370 g/mol. The number of hydrogen-bond donors (Lipinski definition) is 0. The molecule has 3 saturated heterocycles. The Balaban J connectivity index is 1.38. The van der Waals surface area contributed by atoms with Crippen LogP contribution in [0.1, 0.15) is 55.3 Å². The maximum absolute atomic E-state index is 13.1. The van der Waals surface area contributed by atoms with E-state index in [1.165, 1.54) is 6.42 Å². The fraction of sp³-hybridized carbons (Fsp3) is 0.667. The van der Waals surface area contributed by atoms with E-state index in [0.717, 1.165) is 70.5 Å². The van der Waals surface area contributed by atoms with Gasteiger partial charge in [-0.1, -0.05) is 0 Å². The highest BCUT2D eigenvalue weighted by molar-refractivity contribution is 5.99. The van der Waals surface area contributed by atoms with Gasteiger partial charge in [-0.25, -0.2) is 4.98 Å². The van der Waals surface area contributed by atoms with Gasteiger partial charge in [0.1, 0.15) is 5.82 Å². The summed E-state index contributed by atoms with van der Waals surface area (Å²) in [7, 11) is 0. The number of pyridine rings is 1. The van der Waals surface area contributed by atoms with Crippen molar-refractivity contribution in [3.05, 3.63) is 23.9 Å². The number of amides is 2. The van der Waals surface area contributed by atoms with Crippen molar-refractivity contribution >= 4 is 17.6 Å². The average molecular weight is 370 g/mol. The zero-order valence-corrected chi connectivity index (χ0v) is 16.1. The molecule has 3 aliphatic rings. The summed E-state index contributed by atoms with van der Waals surface area (Å²) in [6.45, 7) is 5.10. The van der Waals surface area contributed by atoms with Crippen LogP contribution in [0.15, 0.2) is 18.3 Å². The predicted molar refractivity (Wildman–Crippen MR) is 105 cm³/mol. The molecule has 3 fully saturated rings. The Morgan fingerprint density at radius 1 is 0.852 bits per heavy atom. The van der Waals surface area contributed by atoms with Gasteiger partial charge in [0, 0.05) is 51.4 Å². The summed E-state index contributed by atoms with van der Waals surface area (Å²) in [6, 6.07) is 3.74. The van der Waals surface area contributed by atoms with Crippen LogP contribution in [0.5, 0.6) is 0 Å². The van der Waals surface area contributed by atoms with Gasteiger partial charge in [0.2, 0.25) is 5.91 Å². The van der Waals surface area contributed by atoms with Crippen molar-refractivity contribution in [1.29, 1.82) is 0 Å². The van der Waals surface area contributed by atoms with Crippen LogP contribution >= 0.6 is 0 Å². The van der Waals surface area contributed by atoms with Gasteiger partial charge in [0.15, 0.2) is 0 Å². The molecule has 2 amide bonds. The molecule has 6 nitrogen and oxygen atoms in total. The molecule has 0 aromatic carbocycles. The molecule has 4 heterocycles. The number of carbonyl (C=O) groups excluding carboxylic acids is 2. The Labute approximate surface area is 161 Å². The van der Waals surface area contributed by atoms with Gasteiger partial charge in [-0.3, -0.25) is 9.59 Å². The lowest BCUT2D eigenvalue weighted by atomic mass is 9.94. The highest BCUT2D eigenvalue weighted by Crippen LogP contribution is 2.26. The lowest BCUT2D eigenvalue weighted by Crippen LogP contribution is -2.46. The van der Waals surface area contributed by atoms with E-state index in [1.807, 2.05) is 21.9 Å². The zero-order valence-electron chi connectivity index (χ0n) is 16.1. The third-order valence-electron chi connectivity index (χ3n) is 6.22. The van der Waals surface area contributed by atoms with Crippen molar-refractivity contribution < 1.29 is 9.59 Å². The molecule has 0 bridgehead atoms. The number of rotatable bonds is 3. The predicted octanol–water partition coefficient (Wildman–Crippen LogP) is 2.55. The van der Waals surface area contributed by atoms with Crippen molar-refractivity contribution in [1.82, 2.24) is 14.8 Å². The Kier molecular flexibility index (Phi) is 5.60. The van der Waals surface area contributed by atoms with Crippen LogP contribution in [-0.4, -0.2) is 65.9 Å². The first-order chi connectivity index (χ1) is 13.2. The van der Waals surface area contributed by atoms with Gasteiger partial charge >= 0.3 is 0 Å². The van der Waals surface area contributed by atoms with Crippen LogP contribution in [-0.2, 0) is 4.79 Å². The van der Waals surface area contributed by atoms with E-state index < -0.39 is 0 Å². The molecular formula is C21H30N4O2. The topological polar surface area (TPSA) is 56.8 Å². The molecule has 4 rings (SSSR count). The third-order valence-corrected chi connectivity index (χ3v) is 6.22. The van der Waals surface area contributed by atoms with Crippen molar-refractivity contribution in [3.63, 3.8) is 0 Å². The second-order valence-electron chi connectivity index (χ2n) is 8.02. The molecule has 0 radical (unpaired) electrons. The molecule has 6 heteroatoms. The molecule has 0 unspecified atom stereocenters. The summed E-state index contributed by atoms with van der Waals surface area (Å²) in [5.41, 5.74) is 0.709. The zero-order chi connectivity index (χ0) is 18.6. The van der Waals surface area contributed by atoms with Gasteiger partial charge in [0.25, 0.3) is 5.91 Å². The summed E-state index contributed by atoms with van der Waals surface area (Å²) < 4.78 is 0. The van der Waals surface area contributed by atoms with E-state index in [4.69, 9.17) is 0 Å². The first-order valence-corrected chi connectivity index (χ1v) is 10.5. The number of likely N-dealkylation sites (tertiary alicyclic amines) is 2. The number of hydrogen-bond acceptors (Lipinski definition) is 4. The molecule has 3 aliphatic heterocycles. The van der Waals surface area contributed by atoms with E-state index >= 15 is 0 Å². The van der Waals surface area contributed by atoms with Crippen molar-refractivity contribution in [2.45, 2.75) is 44.9 Å². The number of piperidine rings is 2.